The zero-order valence-corrected chi connectivity index (χ0v) is 17.2. The van der Waals surface area contributed by atoms with Crippen molar-refractivity contribution in [3.63, 3.8) is 0 Å². The Morgan fingerprint density at radius 2 is 1.96 bits per heavy atom. The van der Waals surface area contributed by atoms with Crippen LogP contribution >= 0.6 is 11.3 Å². The molecule has 1 N–H and O–H groups in total. The normalized spacial score (nSPS) is 19.2. The third-order valence-corrected chi connectivity index (χ3v) is 7.20. The molecule has 28 heavy (non-hydrogen) atoms. The summed E-state index contributed by atoms with van der Waals surface area (Å²) in [6.45, 7) is 2.85. The van der Waals surface area contributed by atoms with E-state index in [1.165, 1.54) is 41.2 Å². The van der Waals surface area contributed by atoms with Crippen LogP contribution in [0.5, 0.6) is 0 Å². The van der Waals surface area contributed by atoms with Gasteiger partial charge in [0.25, 0.3) is 11.5 Å². The van der Waals surface area contributed by atoms with Crippen LogP contribution in [-0.4, -0.2) is 47.0 Å². The van der Waals surface area contributed by atoms with Crippen molar-refractivity contribution >= 4 is 17.2 Å². The van der Waals surface area contributed by atoms with E-state index in [1.54, 1.807) is 23.6 Å². The van der Waals surface area contributed by atoms with Crippen molar-refractivity contribution in [1.29, 1.82) is 0 Å². The molecule has 2 aromatic rings. The Morgan fingerprint density at radius 3 is 2.71 bits per heavy atom. The zero-order valence-electron chi connectivity index (χ0n) is 16.4. The number of hydrogen-bond donors (Lipinski definition) is 1. The molecule has 0 atom stereocenters. The van der Waals surface area contributed by atoms with Crippen LogP contribution in [0, 0.1) is 5.92 Å². The summed E-state index contributed by atoms with van der Waals surface area (Å²) < 4.78 is 1.51. The summed E-state index contributed by atoms with van der Waals surface area (Å²) in [5.41, 5.74) is 0.351. The van der Waals surface area contributed by atoms with Crippen LogP contribution in [0.4, 0.5) is 0 Å². The lowest BCUT2D eigenvalue weighted by molar-refractivity contribution is 0.0938. The fourth-order valence-electron chi connectivity index (χ4n) is 4.16. The number of nitrogens with one attached hydrogen (secondary N) is 1. The van der Waals surface area contributed by atoms with Gasteiger partial charge in [-0.05, 0) is 63.7 Å². The number of rotatable bonds is 5. The largest absolute Gasteiger partial charge is 0.352 e. The first-order valence-electron chi connectivity index (χ1n) is 10.3. The number of hydrogen-bond acceptors (Lipinski definition) is 5. The molecule has 2 aromatic heterocycles. The highest BCUT2D eigenvalue weighted by Crippen LogP contribution is 2.37. The van der Waals surface area contributed by atoms with Crippen LogP contribution in [0.15, 0.2) is 29.3 Å². The van der Waals surface area contributed by atoms with E-state index in [0.717, 1.165) is 25.9 Å². The lowest BCUT2D eigenvalue weighted by Gasteiger charge is -2.28. The van der Waals surface area contributed by atoms with Crippen molar-refractivity contribution in [3.05, 3.63) is 45.3 Å². The molecule has 1 saturated heterocycles. The first-order valence-corrected chi connectivity index (χ1v) is 11.1. The van der Waals surface area contributed by atoms with Crippen LogP contribution in [0.25, 0.3) is 5.13 Å². The molecule has 1 aliphatic carbocycles. The maximum absolute atomic E-state index is 12.6. The molecule has 0 bridgehead atoms. The molecule has 2 fully saturated rings. The van der Waals surface area contributed by atoms with Crippen LogP contribution in [0.2, 0.25) is 0 Å². The Bertz CT molecular complexity index is 877. The Hall–Kier alpha value is -1.99. The second-order valence-corrected chi connectivity index (χ2v) is 9.15. The standard InChI is InChI=1S/C21H28N4O2S/c1-24-10-8-15(9-11-24)12-22-20(27)17-6-7-19(26)25(14-17)21-23-13-18(28-21)16-4-2-3-5-16/h6-7,13-16H,2-5,8-12H2,1H3,(H,22,27). The number of aromatic nitrogens is 2. The lowest BCUT2D eigenvalue weighted by Crippen LogP contribution is -2.37. The van der Waals surface area contributed by atoms with Crippen molar-refractivity contribution in [3.8, 4) is 5.13 Å². The van der Waals surface area contributed by atoms with Gasteiger partial charge in [-0.1, -0.05) is 12.8 Å². The van der Waals surface area contributed by atoms with Crippen molar-refractivity contribution in [2.75, 3.05) is 26.7 Å². The van der Waals surface area contributed by atoms with Crippen molar-refractivity contribution in [2.45, 2.75) is 44.4 Å². The number of thiazole rings is 1. The predicted octanol–water partition coefficient (Wildman–Crippen LogP) is 3.02. The minimum atomic E-state index is -0.154. The van der Waals surface area contributed by atoms with Crippen molar-refractivity contribution in [2.24, 2.45) is 5.92 Å². The van der Waals surface area contributed by atoms with E-state index in [2.05, 4.69) is 22.2 Å². The summed E-state index contributed by atoms with van der Waals surface area (Å²) in [5, 5.41) is 3.69. The molecule has 1 aliphatic heterocycles. The summed E-state index contributed by atoms with van der Waals surface area (Å²) >= 11 is 1.57. The van der Waals surface area contributed by atoms with Gasteiger partial charge in [0.1, 0.15) is 0 Å². The zero-order chi connectivity index (χ0) is 19.5. The number of likely N-dealkylation sites (tertiary alicyclic amines) is 1. The van der Waals surface area contributed by atoms with E-state index in [9.17, 15) is 9.59 Å². The Labute approximate surface area is 169 Å². The summed E-state index contributed by atoms with van der Waals surface area (Å²) in [5.74, 6) is 0.974. The smallest absolute Gasteiger partial charge is 0.256 e. The number of piperidine rings is 1. The van der Waals surface area contributed by atoms with E-state index in [-0.39, 0.29) is 11.5 Å². The monoisotopic (exact) mass is 400 g/mol. The Morgan fingerprint density at radius 1 is 1.21 bits per heavy atom. The number of amides is 1. The highest BCUT2D eigenvalue weighted by molar-refractivity contribution is 7.14. The van der Waals surface area contributed by atoms with Crippen LogP contribution < -0.4 is 10.9 Å². The average molecular weight is 401 g/mol. The van der Waals surface area contributed by atoms with Gasteiger partial charge in [-0.25, -0.2) is 4.98 Å². The van der Waals surface area contributed by atoms with Crippen LogP contribution in [0.1, 0.15) is 59.7 Å². The van der Waals surface area contributed by atoms with Gasteiger partial charge in [-0.2, -0.15) is 0 Å². The molecule has 1 saturated carbocycles. The maximum atomic E-state index is 12.6. The summed E-state index contributed by atoms with van der Waals surface area (Å²) in [4.78, 5) is 33.0. The Balaban J connectivity index is 1.44. The van der Waals surface area contributed by atoms with E-state index >= 15 is 0 Å². The molecule has 1 amide bonds. The van der Waals surface area contributed by atoms with Crippen molar-refractivity contribution in [1.82, 2.24) is 19.8 Å². The van der Waals surface area contributed by atoms with Gasteiger partial charge in [0, 0.05) is 29.9 Å². The van der Waals surface area contributed by atoms with E-state index in [1.807, 2.05) is 6.20 Å². The maximum Gasteiger partial charge on any atom is 0.256 e. The number of nitrogens with zero attached hydrogens (tertiary/aromatic N) is 3. The molecule has 0 radical (unpaired) electrons. The van der Waals surface area contributed by atoms with Gasteiger partial charge >= 0.3 is 0 Å². The predicted molar refractivity (Wildman–Crippen MR) is 111 cm³/mol. The summed E-state index contributed by atoms with van der Waals surface area (Å²) in [6.07, 6.45) is 10.7. The summed E-state index contributed by atoms with van der Waals surface area (Å²) in [7, 11) is 2.13. The highest BCUT2D eigenvalue weighted by Gasteiger charge is 2.21. The fourth-order valence-corrected chi connectivity index (χ4v) is 5.23. The van der Waals surface area contributed by atoms with Gasteiger partial charge in [0.15, 0.2) is 5.13 Å². The second kappa shape index (κ2) is 8.57. The molecule has 3 heterocycles. The topological polar surface area (TPSA) is 67.2 Å². The quantitative estimate of drug-likeness (QED) is 0.838. The van der Waals surface area contributed by atoms with Crippen LogP contribution in [-0.2, 0) is 0 Å². The van der Waals surface area contributed by atoms with E-state index in [4.69, 9.17) is 0 Å². The first kappa shape index (κ1) is 19.3. The second-order valence-electron chi connectivity index (χ2n) is 8.11. The molecule has 6 nitrogen and oxygen atoms in total. The number of carbonyl (C=O) groups is 1. The molecule has 7 heteroatoms. The van der Waals surface area contributed by atoms with Crippen molar-refractivity contribution < 1.29 is 4.79 Å². The average Bonchev–Trinajstić information content (AvgIpc) is 3.39. The SMILES string of the molecule is CN1CCC(CNC(=O)c2ccc(=O)n(-c3ncc(C4CCCC4)s3)c2)CC1. The molecule has 0 aromatic carbocycles. The third-order valence-electron chi connectivity index (χ3n) is 6.04. The minimum absolute atomic E-state index is 0.125. The molecule has 0 unspecified atom stereocenters. The van der Waals surface area contributed by atoms with E-state index < -0.39 is 0 Å². The first-order chi connectivity index (χ1) is 13.6. The van der Waals surface area contributed by atoms with Gasteiger partial charge in [0.2, 0.25) is 0 Å². The lowest BCUT2D eigenvalue weighted by atomic mass is 9.97. The van der Waals surface area contributed by atoms with Gasteiger partial charge < -0.3 is 10.2 Å². The molecule has 150 valence electrons. The number of pyridine rings is 1. The molecule has 2 aliphatic rings. The third kappa shape index (κ3) is 4.36. The van der Waals surface area contributed by atoms with E-state index in [0.29, 0.717) is 29.1 Å². The van der Waals surface area contributed by atoms with Gasteiger partial charge in [-0.3, -0.25) is 14.2 Å². The summed E-state index contributed by atoms with van der Waals surface area (Å²) in [6, 6.07) is 3.06. The Kier molecular flexibility index (Phi) is 5.92. The van der Waals surface area contributed by atoms with Gasteiger partial charge in [-0.15, -0.1) is 11.3 Å². The van der Waals surface area contributed by atoms with Crippen LogP contribution in [0.3, 0.4) is 0 Å². The highest BCUT2D eigenvalue weighted by atomic mass is 32.1. The number of carbonyl (C=O) groups excluding carboxylic acids is 1. The van der Waals surface area contributed by atoms with Gasteiger partial charge in [0.05, 0.1) is 5.56 Å². The molecular weight excluding hydrogens is 372 g/mol. The molecule has 4 rings (SSSR count). The molecule has 0 spiro atoms. The molecular formula is C21H28N4O2S. The minimum Gasteiger partial charge on any atom is -0.352 e. The fraction of sp³-hybridized carbons (Fsp3) is 0.571.